The van der Waals surface area contributed by atoms with Crippen LogP contribution < -0.4 is 0 Å². The largest absolute Gasteiger partial charge is 0.295 e. The summed E-state index contributed by atoms with van der Waals surface area (Å²) in [6, 6.07) is 13.2. The van der Waals surface area contributed by atoms with E-state index in [9.17, 15) is 8.78 Å². The van der Waals surface area contributed by atoms with Gasteiger partial charge in [-0.15, -0.1) is 0 Å². The van der Waals surface area contributed by atoms with Crippen molar-refractivity contribution in [3.05, 3.63) is 71.3 Å². The first-order valence-corrected chi connectivity index (χ1v) is 6.38. The van der Waals surface area contributed by atoms with E-state index in [0.717, 1.165) is 17.7 Å². The first-order chi connectivity index (χ1) is 9.17. The molecular formula is C16H17F2N. The summed E-state index contributed by atoms with van der Waals surface area (Å²) in [5.74, 6) is -0.446. The van der Waals surface area contributed by atoms with Gasteiger partial charge in [-0.25, -0.2) is 8.78 Å². The van der Waals surface area contributed by atoms with Crippen LogP contribution in [0.1, 0.15) is 18.1 Å². The summed E-state index contributed by atoms with van der Waals surface area (Å²) < 4.78 is 26.3. The topological polar surface area (TPSA) is 3.24 Å². The Labute approximate surface area is 112 Å². The highest BCUT2D eigenvalue weighted by Crippen LogP contribution is 2.12. The molecule has 100 valence electrons. The minimum atomic E-state index is -0.223. The Bertz CT molecular complexity index is 492. The van der Waals surface area contributed by atoms with Crippen LogP contribution in [0.4, 0.5) is 8.78 Å². The van der Waals surface area contributed by atoms with E-state index in [2.05, 4.69) is 4.90 Å². The monoisotopic (exact) mass is 261 g/mol. The molecule has 0 fully saturated rings. The third-order valence-electron chi connectivity index (χ3n) is 3.04. The van der Waals surface area contributed by atoms with E-state index in [4.69, 9.17) is 0 Å². The number of rotatable bonds is 5. The molecule has 0 aliphatic carbocycles. The van der Waals surface area contributed by atoms with Crippen LogP contribution >= 0.6 is 0 Å². The quantitative estimate of drug-likeness (QED) is 0.786. The molecule has 0 aliphatic rings. The van der Waals surface area contributed by atoms with Crippen molar-refractivity contribution >= 4 is 0 Å². The van der Waals surface area contributed by atoms with Gasteiger partial charge < -0.3 is 0 Å². The van der Waals surface area contributed by atoms with Gasteiger partial charge in [-0.3, -0.25) is 4.90 Å². The van der Waals surface area contributed by atoms with Crippen LogP contribution in [0.3, 0.4) is 0 Å². The summed E-state index contributed by atoms with van der Waals surface area (Å²) in [6.45, 7) is 4.18. The lowest BCUT2D eigenvalue weighted by Gasteiger charge is -2.20. The zero-order valence-corrected chi connectivity index (χ0v) is 10.9. The SMILES string of the molecule is CCN(Cc1cccc(F)c1)Cc1cccc(F)c1. The molecule has 2 aromatic rings. The second-order valence-corrected chi connectivity index (χ2v) is 4.56. The van der Waals surface area contributed by atoms with Crippen LogP contribution in [0.25, 0.3) is 0 Å². The highest BCUT2D eigenvalue weighted by atomic mass is 19.1. The van der Waals surface area contributed by atoms with Crippen molar-refractivity contribution in [2.45, 2.75) is 20.0 Å². The first kappa shape index (κ1) is 13.7. The summed E-state index contributed by atoms with van der Waals surface area (Å²) in [7, 11) is 0. The molecule has 2 aromatic carbocycles. The second-order valence-electron chi connectivity index (χ2n) is 4.56. The number of nitrogens with zero attached hydrogens (tertiary/aromatic N) is 1. The fraction of sp³-hybridized carbons (Fsp3) is 0.250. The van der Waals surface area contributed by atoms with Crippen LogP contribution in [-0.4, -0.2) is 11.4 Å². The lowest BCUT2D eigenvalue weighted by molar-refractivity contribution is 0.270. The molecule has 0 unspecified atom stereocenters. The average Bonchev–Trinajstić information content (AvgIpc) is 2.38. The lowest BCUT2D eigenvalue weighted by atomic mass is 10.1. The van der Waals surface area contributed by atoms with Crippen molar-refractivity contribution in [1.29, 1.82) is 0 Å². The van der Waals surface area contributed by atoms with Crippen molar-refractivity contribution < 1.29 is 8.78 Å². The molecule has 0 aromatic heterocycles. The number of hydrogen-bond acceptors (Lipinski definition) is 1. The molecule has 0 saturated carbocycles. The van der Waals surface area contributed by atoms with Gasteiger partial charge >= 0.3 is 0 Å². The summed E-state index contributed by atoms with van der Waals surface area (Å²) in [6.07, 6.45) is 0. The minimum Gasteiger partial charge on any atom is -0.295 e. The first-order valence-electron chi connectivity index (χ1n) is 6.38. The molecule has 0 atom stereocenters. The van der Waals surface area contributed by atoms with Gasteiger partial charge in [0.05, 0.1) is 0 Å². The molecule has 1 nitrogen and oxygen atoms in total. The van der Waals surface area contributed by atoms with Crippen molar-refractivity contribution in [2.24, 2.45) is 0 Å². The Hall–Kier alpha value is -1.74. The molecule has 0 radical (unpaired) electrons. The summed E-state index contributed by atoms with van der Waals surface area (Å²) >= 11 is 0. The Morgan fingerprint density at radius 2 is 1.32 bits per heavy atom. The zero-order chi connectivity index (χ0) is 13.7. The van der Waals surface area contributed by atoms with Gasteiger partial charge in [0.15, 0.2) is 0 Å². The number of hydrogen-bond donors (Lipinski definition) is 0. The predicted octanol–water partition coefficient (Wildman–Crippen LogP) is 3.99. The average molecular weight is 261 g/mol. The summed E-state index contributed by atoms with van der Waals surface area (Å²) in [5, 5.41) is 0. The third-order valence-corrected chi connectivity index (χ3v) is 3.04. The van der Waals surface area contributed by atoms with E-state index in [0.29, 0.717) is 13.1 Å². The molecule has 3 heteroatoms. The molecule has 0 saturated heterocycles. The van der Waals surface area contributed by atoms with Crippen LogP contribution in [-0.2, 0) is 13.1 Å². The smallest absolute Gasteiger partial charge is 0.123 e. The standard InChI is InChI=1S/C16H17F2N/c1-2-19(11-13-5-3-7-15(17)9-13)12-14-6-4-8-16(18)10-14/h3-10H,2,11-12H2,1H3. The van der Waals surface area contributed by atoms with Gasteiger partial charge in [0.1, 0.15) is 11.6 Å². The molecule has 0 bridgehead atoms. The molecule has 0 aliphatic heterocycles. The van der Waals surface area contributed by atoms with E-state index in [1.54, 1.807) is 12.1 Å². The highest BCUT2D eigenvalue weighted by molar-refractivity contribution is 5.18. The number of halogens is 2. The fourth-order valence-electron chi connectivity index (χ4n) is 2.07. The van der Waals surface area contributed by atoms with Crippen LogP contribution in [0.5, 0.6) is 0 Å². The molecular weight excluding hydrogens is 244 g/mol. The molecule has 0 heterocycles. The Kier molecular flexibility index (Phi) is 4.63. The van der Waals surface area contributed by atoms with Crippen LogP contribution in [0.2, 0.25) is 0 Å². The number of benzene rings is 2. The highest BCUT2D eigenvalue weighted by Gasteiger charge is 2.06. The fourth-order valence-corrected chi connectivity index (χ4v) is 2.07. The van der Waals surface area contributed by atoms with Crippen LogP contribution in [0.15, 0.2) is 48.5 Å². The van der Waals surface area contributed by atoms with Crippen molar-refractivity contribution in [3.8, 4) is 0 Å². The Balaban J connectivity index is 2.04. The van der Waals surface area contributed by atoms with E-state index in [1.807, 2.05) is 19.1 Å². The van der Waals surface area contributed by atoms with E-state index >= 15 is 0 Å². The van der Waals surface area contributed by atoms with Gasteiger partial charge in [-0.2, -0.15) is 0 Å². The maximum absolute atomic E-state index is 13.1. The van der Waals surface area contributed by atoms with Gasteiger partial charge in [-0.05, 0) is 41.9 Å². The second kappa shape index (κ2) is 6.43. The van der Waals surface area contributed by atoms with Gasteiger partial charge in [0.2, 0.25) is 0 Å². The van der Waals surface area contributed by atoms with Crippen LogP contribution in [0, 0.1) is 11.6 Å². The summed E-state index contributed by atoms with van der Waals surface area (Å²) in [5.41, 5.74) is 1.86. The van der Waals surface area contributed by atoms with Gasteiger partial charge in [-0.1, -0.05) is 31.2 Å². The maximum Gasteiger partial charge on any atom is 0.123 e. The molecule has 19 heavy (non-hydrogen) atoms. The lowest BCUT2D eigenvalue weighted by Crippen LogP contribution is -2.22. The Morgan fingerprint density at radius 3 is 1.68 bits per heavy atom. The van der Waals surface area contributed by atoms with E-state index < -0.39 is 0 Å². The molecule has 2 rings (SSSR count). The van der Waals surface area contributed by atoms with Crippen molar-refractivity contribution in [1.82, 2.24) is 4.90 Å². The minimum absolute atomic E-state index is 0.223. The molecule has 0 N–H and O–H groups in total. The Morgan fingerprint density at radius 1 is 0.842 bits per heavy atom. The van der Waals surface area contributed by atoms with Gasteiger partial charge in [0, 0.05) is 13.1 Å². The summed E-state index contributed by atoms with van der Waals surface area (Å²) in [4.78, 5) is 2.14. The van der Waals surface area contributed by atoms with Gasteiger partial charge in [0.25, 0.3) is 0 Å². The van der Waals surface area contributed by atoms with Crippen molar-refractivity contribution in [2.75, 3.05) is 6.54 Å². The maximum atomic E-state index is 13.1. The molecule has 0 spiro atoms. The zero-order valence-electron chi connectivity index (χ0n) is 10.9. The predicted molar refractivity (Wildman–Crippen MR) is 72.6 cm³/mol. The molecule has 0 amide bonds. The van der Waals surface area contributed by atoms with Crippen molar-refractivity contribution in [3.63, 3.8) is 0 Å². The van der Waals surface area contributed by atoms with E-state index in [-0.39, 0.29) is 11.6 Å². The van der Waals surface area contributed by atoms with E-state index in [1.165, 1.54) is 24.3 Å². The third kappa shape index (κ3) is 4.14. The normalized spacial score (nSPS) is 10.9.